The number of hydrogen-bond donors (Lipinski definition) is 1. The van der Waals surface area contributed by atoms with Crippen molar-refractivity contribution in [2.24, 2.45) is 0 Å². The zero-order valence-electron chi connectivity index (χ0n) is 14.1. The minimum absolute atomic E-state index is 0.0508. The number of carbonyl (C=O) groups is 2. The van der Waals surface area contributed by atoms with Crippen molar-refractivity contribution in [1.29, 1.82) is 0 Å². The van der Waals surface area contributed by atoms with Crippen molar-refractivity contribution in [3.8, 4) is 0 Å². The van der Waals surface area contributed by atoms with Gasteiger partial charge >= 0.3 is 12.0 Å². The number of carbonyl (C=O) groups excluding carboxylic acids is 2. The van der Waals surface area contributed by atoms with Gasteiger partial charge in [0.25, 0.3) is 0 Å². The zero-order chi connectivity index (χ0) is 18.1. The van der Waals surface area contributed by atoms with E-state index in [9.17, 15) is 9.59 Å². The average molecular weight is 383 g/mol. The molecule has 2 amide bonds. The Morgan fingerprint density at radius 1 is 1.24 bits per heavy atom. The molecule has 5 nitrogen and oxygen atoms in total. The summed E-state index contributed by atoms with van der Waals surface area (Å²) in [5, 5.41) is 3.63. The lowest BCUT2D eigenvalue weighted by Gasteiger charge is -2.33. The molecule has 1 saturated carbocycles. The quantitative estimate of drug-likeness (QED) is 0.785. The number of nitrogens with one attached hydrogen (secondary N) is 1. The number of rotatable bonds is 3. The van der Waals surface area contributed by atoms with Crippen LogP contribution in [0.5, 0.6) is 0 Å². The largest absolute Gasteiger partial charge is 0.459 e. The zero-order valence-corrected chi connectivity index (χ0v) is 15.7. The maximum atomic E-state index is 12.8. The fourth-order valence-electron chi connectivity index (χ4n) is 3.26. The van der Waals surface area contributed by atoms with Crippen molar-refractivity contribution >= 4 is 35.2 Å². The average Bonchev–Trinajstić information content (AvgIpc) is 3.07. The lowest BCUT2D eigenvalue weighted by atomic mass is 9.95. The molecule has 1 aliphatic heterocycles. The number of hydrogen-bond acceptors (Lipinski definition) is 3. The van der Waals surface area contributed by atoms with Crippen LogP contribution in [-0.2, 0) is 9.53 Å². The molecule has 1 fully saturated rings. The van der Waals surface area contributed by atoms with Crippen LogP contribution in [0.2, 0.25) is 10.0 Å². The van der Waals surface area contributed by atoms with E-state index < -0.39 is 12.0 Å². The van der Waals surface area contributed by atoms with Gasteiger partial charge < -0.3 is 15.0 Å². The summed E-state index contributed by atoms with van der Waals surface area (Å²) in [4.78, 5) is 26.5. The van der Waals surface area contributed by atoms with E-state index in [4.69, 9.17) is 27.9 Å². The van der Waals surface area contributed by atoms with E-state index in [0.29, 0.717) is 26.9 Å². The highest BCUT2D eigenvalue weighted by molar-refractivity contribution is 6.42. The molecule has 2 aliphatic rings. The van der Waals surface area contributed by atoms with Gasteiger partial charge in [0.15, 0.2) is 0 Å². The van der Waals surface area contributed by atoms with Gasteiger partial charge in [0.1, 0.15) is 6.10 Å². The molecular weight excluding hydrogens is 363 g/mol. The molecule has 3 rings (SSSR count). The van der Waals surface area contributed by atoms with Crippen LogP contribution < -0.4 is 5.32 Å². The van der Waals surface area contributed by atoms with E-state index in [1.165, 1.54) is 4.90 Å². The van der Waals surface area contributed by atoms with Gasteiger partial charge in [-0.15, -0.1) is 0 Å². The van der Waals surface area contributed by atoms with Crippen LogP contribution in [0.25, 0.3) is 0 Å². The second kappa shape index (κ2) is 7.26. The first-order chi connectivity index (χ1) is 11.9. The molecule has 1 atom stereocenters. The highest BCUT2D eigenvalue weighted by Gasteiger charge is 2.36. The topological polar surface area (TPSA) is 58.6 Å². The molecule has 0 radical (unpaired) electrons. The number of urea groups is 1. The number of benzene rings is 1. The molecule has 1 N–H and O–H groups in total. The molecule has 1 aromatic rings. The second-order valence-corrected chi connectivity index (χ2v) is 7.24. The Kier molecular flexibility index (Phi) is 5.25. The van der Waals surface area contributed by atoms with Crippen LogP contribution >= 0.6 is 23.2 Å². The predicted molar refractivity (Wildman–Crippen MR) is 96.5 cm³/mol. The van der Waals surface area contributed by atoms with Crippen molar-refractivity contribution in [3.63, 3.8) is 0 Å². The minimum Gasteiger partial charge on any atom is -0.459 e. The van der Waals surface area contributed by atoms with E-state index >= 15 is 0 Å². The summed E-state index contributed by atoms with van der Waals surface area (Å²) < 4.78 is 5.68. The fraction of sp³-hybridized carbons (Fsp3) is 0.444. The van der Waals surface area contributed by atoms with E-state index in [-0.39, 0.29) is 12.1 Å². The number of esters is 1. The highest BCUT2D eigenvalue weighted by atomic mass is 35.5. The first-order valence-electron chi connectivity index (χ1n) is 8.29. The lowest BCUT2D eigenvalue weighted by molar-refractivity contribution is -0.144. The first-order valence-corrected chi connectivity index (χ1v) is 9.05. The van der Waals surface area contributed by atoms with Crippen LogP contribution in [0.1, 0.15) is 44.2 Å². The van der Waals surface area contributed by atoms with Gasteiger partial charge in [0.2, 0.25) is 0 Å². The van der Waals surface area contributed by atoms with Gasteiger partial charge in [0, 0.05) is 12.7 Å². The summed E-state index contributed by atoms with van der Waals surface area (Å²) in [5.41, 5.74) is 1.68. The van der Waals surface area contributed by atoms with Crippen molar-refractivity contribution in [2.75, 3.05) is 7.05 Å². The number of amides is 2. The van der Waals surface area contributed by atoms with Crippen LogP contribution in [0.4, 0.5) is 4.79 Å². The third-order valence-corrected chi connectivity index (χ3v) is 5.57. The van der Waals surface area contributed by atoms with Gasteiger partial charge in [-0.05, 0) is 50.3 Å². The van der Waals surface area contributed by atoms with Crippen LogP contribution in [0.15, 0.2) is 29.5 Å². The summed E-state index contributed by atoms with van der Waals surface area (Å²) in [5.74, 6) is -0.396. The molecule has 1 aromatic carbocycles. The van der Waals surface area contributed by atoms with Gasteiger partial charge in [0.05, 0.1) is 21.7 Å². The van der Waals surface area contributed by atoms with Crippen molar-refractivity contribution < 1.29 is 14.3 Å². The highest BCUT2D eigenvalue weighted by Crippen LogP contribution is 2.34. The first kappa shape index (κ1) is 18.1. The molecule has 1 heterocycles. The van der Waals surface area contributed by atoms with E-state index in [1.54, 1.807) is 32.2 Å². The van der Waals surface area contributed by atoms with Crippen LogP contribution in [-0.4, -0.2) is 30.1 Å². The van der Waals surface area contributed by atoms with Crippen LogP contribution in [0, 0.1) is 0 Å². The third-order valence-electron chi connectivity index (χ3n) is 4.83. The Labute approximate surface area is 156 Å². The fourth-order valence-corrected chi connectivity index (χ4v) is 3.57. The van der Waals surface area contributed by atoms with Gasteiger partial charge in [-0.25, -0.2) is 9.59 Å². The Hall–Kier alpha value is -1.72. The Morgan fingerprint density at radius 3 is 2.56 bits per heavy atom. The summed E-state index contributed by atoms with van der Waals surface area (Å²) in [6.45, 7) is 1.74. The minimum atomic E-state index is -0.618. The summed E-state index contributed by atoms with van der Waals surface area (Å²) >= 11 is 12.1. The second-order valence-electron chi connectivity index (χ2n) is 6.43. The Balaban J connectivity index is 1.97. The summed E-state index contributed by atoms with van der Waals surface area (Å²) in [6.07, 6.45) is 3.87. The molecular formula is C18H20Cl2N2O3. The number of nitrogens with zero attached hydrogens (tertiary/aromatic N) is 1. The molecule has 0 aromatic heterocycles. The number of ether oxygens (including phenoxy) is 1. The maximum Gasteiger partial charge on any atom is 0.338 e. The van der Waals surface area contributed by atoms with E-state index in [2.05, 4.69) is 5.32 Å². The van der Waals surface area contributed by atoms with Gasteiger partial charge in [-0.3, -0.25) is 0 Å². The Bertz CT molecular complexity index is 742. The normalized spacial score (nSPS) is 21.5. The monoisotopic (exact) mass is 382 g/mol. The lowest BCUT2D eigenvalue weighted by Crippen LogP contribution is -2.46. The number of halogens is 2. The Morgan fingerprint density at radius 2 is 1.92 bits per heavy atom. The molecule has 0 unspecified atom stereocenters. The third kappa shape index (κ3) is 3.62. The standard InChI is InChI=1S/C18H20Cl2N2O3/c1-10-15(17(23)25-12-5-3-4-6-12)16(21-18(24)22(10)2)11-7-8-13(19)14(20)9-11/h7-9,12,16H,3-6H2,1-2H3,(H,21,24)/t16-/m1/s1. The molecule has 7 heteroatoms. The molecule has 1 aliphatic carbocycles. The molecule has 0 saturated heterocycles. The predicted octanol–water partition coefficient (Wildman–Crippen LogP) is 4.45. The smallest absolute Gasteiger partial charge is 0.338 e. The van der Waals surface area contributed by atoms with Crippen molar-refractivity contribution in [2.45, 2.75) is 44.8 Å². The van der Waals surface area contributed by atoms with Crippen molar-refractivity contribution in [3.05, 3.63) is 45.1 Å². The SMILES string of the molecule is CC1=C(C(=O)OC2CCCC2)[C@@H](c2ccc(Cl)c(Cl)c2)NC(=O)N1C. The van der Waals surface area contributed by atoms with Gasteiger partial charge in [-0.2, -0.15) is 0 Å². The number of allylic oxidation sites excluding steroid dienone is 1. The summed E-state index contributed by atoms with van der Waals surface area (Å²) in [7, 11) is 1.62. The summed E-state index contributed by atoms with van der Waals surface area (Å²) in [6, 6.07) is 4.16. The molecule has 25 heavy (non-hydrogen) atoms. The van der Waals surface area contributed by atoms with Crippen LogP contribution in [0.3, 0.4) is 0 Å². The molecule has 0 bridgehead atoms. The molecule has 134 valence electrons. The van der Waals surface area contributed by atoms with E-state index in [0.717, 1.165) is 25.7 Å². The molecule has 0 spiro atoms. The van der Waals surface area contributed by atoms with Gasteiger partial charge in [-0.1, -0.05) is 29.3 Å². The van der Waals surface area contributed by atoms with Crippen molar-refractivity contribution in [1.82, 2.24) is 10.2 Å². The van der Waals surface area contributed by atoms with E-state index in [1.807, 2.05) is 0 Å². The maximum absolute atomic E-state index is 12.8.